The van der Waals surface area contributed by atoms with E-state index in [9.17, 15) is 9.59 Å². The predicted molar refractivity (Wildman–Crippen MR) is 175 cm³/mol. The van der Waals surface area contributed by atoms with Gasteiger partial charge in [0.1, 0.15) is 11.4 Å². The summed E-state index contributed by atoms with van der Waals surface area (Å²) in [6.45, 7) is 13.1. The second kappa shape index (κ2) is 14.9. The van der Waals surface area contributed by atoms with Gasteiger partial charge in [-0.15, -0.1) is 6.58 Å². The normalized spacial score (nSPS) is 15.9. The highest BCUT2D eigenvalue weighted by molar-refractivity contribution is 5.97. The average Bonchev–Trinajstić information content (AvgIpc) is 3.00. The first-order valence-corrected chi connectivity index (χ1v) is 15.2. The largest absolute Gasteiger partial charge is 0.456 e. The van der Waals surface area contributed by atoms with Crippen molar-refractivity contribution < 1.29 is 18.7 Å². The molecule has 1 aliphatic heterocycles. The fraction of sp³-hybridized carbons (Fsp3) is 0.316. The molecule has 1 heterocycles. The second-order valence-corrected chi connectivity index (χ2v) is 12.3. The minimum atomic E-state index is -0.626. The third kappa shape index (κ3) is 9.10. The van der Waals surface area contributed by atoms with Gasteiger partial charge in [-0.3, -0.25) is 9.69 Å². The molecule has 1 atom stereocenters. The fourth-order valence-electron chi connectivity index (χ4n) is 5.33. The quantitative estimate of drug-likeness (QED) is 0.146. The number of rotatable bonds is 10. The zero-order valence-electron chi connectivity index (χ0n) is 26.2. The number of hydrogen-bond donors (Lipinski definition) is 1. The van der Waals surface area contributed by atoms with E-state index in [1.165, 1.54) is 6.07 Å². The van der Waals surface area contributed by atoms with Gasteiger partial charge in [-0.1, -0.05) is 72.3 Å². The van der Waals surface area contributed by atoms with Crippen LogP contribution in [-0.2, 0) is 16.1 Å². The Labute approximate surface area is 261 Å². The predicted octanol–water partition coefficient (Wildman–Crippen LogP) is 8.35. The number of piperidine rings is 1. The van der Waals surface area contributed by atoms with Crippen molar-refractivity contribution in [2.45, 2.75) is 65.1 Å². The summed E-state index contributed by atoms with van der Waals surface area (Å²) >= 11 is 0. The lowest BCUT2D eigenvalue weighted by atomic mass is 9.96. The molecule has 5 nitrogen and oxygen atoms in total. The first-order chi connectivity index (χ1) is 21.0. The van der Waals surface area contributed by atoms with E-state index in [1.807, 2.05) is 88.4 Å². The summed E-state index contributed by atoms with van der Waals surface area (Å²) in [5.41, 5.74) is 4.61. The van der Waals surface area contributed by atoms with Crippen LogP contribution < -0.4 is 5.32 Å². The lowest BCUT2D eigenvalue weighted by Gasteiger charge is -2.29. The molecule has 1 amide bonds. The zero-order chi connectivity index (χ0) is 31.7. The molecule has 0 bridgehead atoms. The van der Waals surface area contributed by atoms with Gasteiger partial charge < -0.3 is 10.1 Å². The van der Waals surface area contributed by atoms with Crippen LogP contribution in [0.15, 0.2) is 109 Å². The van der Waals surface area contributed by atoms with Gasteiger partial charge in [0, 0.05) is 24.2 Å². The molecule has 0 spiro atoms. The summed E-state index contributed by atoms with van der Waals surface area (Å²) in [5.74, 6) is -0.831. The number of carbonyl (C=O) groups is 2. The number of ether oxygens (including phenoxy) is 1. The third-order valence-electron chi connectivity index (χ3n) is 7.47. The van der Waals surface area contributed by atoms with Gasteiger partial charge >= 0.3 is 5.97 Å². The smallest absolute Gasteiger partial charge is 0.339 e. The van der Waals surface area contributed by atoms with Gasteiger partial charge in [-0.2, -0.15) is 0 Å². The van der Waals surface area contributed by atoms with E-state index in [2.05, 4.69) is 16.8 Å². The van der Waals surface area contributed by atoms with Crippen molar-refractivity contribution in [1.29, 1.82) is 0 Å². The highest BCUT2D eigenvalue weighted by Gasteiger charge is 2.22. The molecule has 0 saturated carbocycles. The second-order valence-electron chi connectivity index (χ2n) is 12.3. The summed E-state index contributed by atoms with van der Waals surface area (Å²) in [6.07, 6.45) is 8.01. The topological polar surface area (TPSA) is 58.6 Å². The number of amides is 1. The number of likely N-dealkylation sites (tertiary alicyclic amines) is 1. The summed E-state index contributed by atoms with van der Waals surface area (Å²) in [5, 5.41) is 3.12. The maximum Gasteiger partial charge on any atom is 0.339 e. The van der Waals surface area contributed by atoms with Crippen LogP contribution >= 0.6 is 0 Å². The Kier molecular flexibility index (Phi) is 11.1. The molecular weight excluding hydrogens is 551 g/mol. The number of nitrogens with one attached hydrogen (secondary N) is 1. The van der Waals surface area contributed by atoms with Crippen molar-refractivity contribution in [3.8, 4) is 11.1 Å². The Balaban J connectivity index is 1.51. The van der Waals surface area contributed by atoms with Crippen molar-refractivity contribution in [2.24, 2.45) is 0 Å². The Morgan fingerprint density at radius 1 is 1.07 bits per heavy atom. The van der Waals surface area contributed by atoms with Crippen molar-refractivity contribution in [3.63, 3.8) is 0 Å². The van der Waals surface area contributed by atoms with Crippen molar-refractivity contribution in [1.82, 2.24) is 10.2 Å². The first kappa shape index (κ1) is 32.6. The molecule has 0 aliphatic carbocycles. The van der Waals surface area contributed by atoms with Crippen LogP contribution in [0, 0.1) is 5.82 Å². The van der Waals surface area contributed by atoms with Crippen LogP contribution in [0.4, 0.5) is 4.39 Å². The third-order valence-corrected chi connectivity index (χ3v) is 7.47. The van der Waals surface area contributed by atoms with Crippen molar-refractivity contribution >= 4 is 11.9 Å². The van der Waals surface area contributed by atoms with Crippen LogP contribution in [0.5, 0.6) is 0 Å². The van der Waals surface area contributed by atoms with E-state index in [4.69, 9.17) is 4.74 Å². The zero-order valence-corrected chi connectivity index (χ0v) is 26.2. The van der Waals surface area contributed by atoms with Gasteiger partial charge in [0.05, 0.1) is 11.6 Å². The summed E-state index contributed by atoms with van der Waals surface area (Å²) in [4.78, 5) is 28.4. The van der Waals surface area contributed by atoms with E-state index < -0.39 is 11.6 Å². The van der Waals surface area contributed by atoms with E-state index in [1.54, 1.807) is 24.3 Å². The minimum Gasteiger partial charge on any atom is -0.456 e. The molecule has 6 heteroatoms. The van der Waals surface area contributed by atoms with Crippen LogP contribution in [-0.4, -0.2) is 35.5 Å². The Morgan fingerprint density at radius 2 is 1.80 bits per heavy atom. The number of esters is 1. The van der Waals surface area contributed by atoms with Crippen LogP contribution in [0.1, 0.15) is 74.5 Å². The average molecular weight is 595 g/mol. The number of hydrogen-bond acceptors (Lipinski definition) is 4. The van der Waals surface area contributed by atoms with Gasteiger partial charge in [0.15, 0.2) is 0 Å². The highest BCUT2D eigenvalue weighted by atomic mass is 19.1. The molecule has 0 aromatic heterocycles. The van der Waals surface area contributed by atoms with Gasteiger partial charge in [-0.25, -0.2) is 9.18 Å². The first-order valence-electron chi connectivity index (χ1n) is 15.2. The van der Waals surface area contributed by atoms with Gasteiger partial charge in [-0.05, 0) is 94.5 Å². The molecule has 1 N–H and O–H groups in total. The monoisotopic (exact) mass is 594 g/mol. The Morgan fingerprint density at radius 3 is 2.52 bits per heavy atom. The molecule has 0 unspecified atom stereocenters. The number of benzene rings is 3. The molecule has 1 fully saturated rings. The van der Waals surface area contributed by atoms with Gasteiger partial charge in [0.2, 0.25) is 0 Å². The molecule has 230 valence electrons. The van der Waals surface area contributed by atoms with E-state index >= 15 is 4.39 Å². The maximum absolute atomic E-state index is 15.1. The molecule has 3 aromatic rings. The van der Waals surface area contributed by atoms with Gasteiger partial charge in [0.25, 0.3) is 5.91 Å². The molecular formula is C38H43FN2O3. The lowest BCUT2D eigenvalue weighted by molar-refractivity contribution is -0.117. The fourth-order valence-corrected chi connectivity index (χ4v) is 5.33. The lowest BCUT2D eigenvalue weighted by Crippen LogP contribution is -2.32. The minimum absolute atomic E-state index is 0.129. The number of allylic oxidation sites excluding steroid dienone is 2. The molecule has 1 saturated heterocycles. The number of carbonyl (C=O) groups excluding carboxylic acids is 2. The van der Waals surface area contributed by atoms with Crippen molar-refractivity contribution in [2.75, 3.05) is 13.1 Å². The summed E-state index contributed by atoms with van der Waals surface area (Å²) in [6, 6.07) is 22.0. The Bertz CT molecular complexity index is 1540. The molecule has 4 rings (SSSR count). The van der Waals surface area contributed by atoms with E-state index in [0.717, 1.165) is 36.1 Å². The molecule has 0 radical (unpaired) electrons. The van der Waals surface area contributed by atoms with Crippen LogP contribution in [0.25, 0.3) is 11.1 Å². The van der Waals surface area contributed by atoms with Crippen LogP contribution in [0.3, 0.4) is 0 Å². The molecule has 1 aliphatic rings. The number of halogens is 1. The maximum atomic E-state index is 15.1. The van der Waals surface area contributed by atoms with Crippen LogP contribution in [0.2, 0.25) is 0 Å². The SMILES string of the molecule is C=CC/C=C(\C=C1\CCCN(Cc2cc(-c3ccccc3C(=O)OC(C)(C)C)ccc2F)C1)C(=O)N[C@@H](C)c1ccccc1. The van der Waals surface area contributed by atoms with E-state index in [-0.39, 0.29) is 17.8 Å². The molecule has 44 heavy (non-hydrogen) atoms. The summed E-state index contributed by atoms with van der Waals surface area (Å²) < 4.78 is 20.8. The molecule has 3 aromatic carbocycles. The summed E-state index contributed by atoms with van der Waals surface area (Å²) in [7, 11) is 0. The standard InChI is InChI=1S/C38H43FN2O3/c1-6-7-15-31(36(42)40-27(2)29-16-9-8-10-17-29)23-28-14-13-22-41(25-28)26-32-24-30(20-21-35(32)39)33-18-11-12-19-34(33)37(43)44-38(3,4)5/h6,8-12,15-21,23-24,27H,1,7,13-14,22,25-26H2,2-5H3,(H,40,42)/b28-23-,31-15+/t27-/m0/s1. The van der Waals surface area contributed by atoms with E-state index in [0.29, 0.717) is 41.8 Å². The van der Waals surface area contributed by atoms with Crippen molar-refractivity contribution in [3.05, 3.63) is 131 Å². The highest BCUT2D eigenvalue weighted by Crippen LogP contribution is 2.29. The Hall–Kier alpha value is -4.29. The number of nitrogens with zero attached hydrogens (tertiary/aromatic N) is 1.